The summed E-state index contributed by atoms with van der Waals surface area (Å²) in [6.07, 6.45) is 0. The number of rotatable bonds is 3. The molecule has 0 aromatic rings. The minimum absolute atomic E-state index is 0.311. The van der Waals surface area contributed by atoms with Crippen molar-refractivity contribution in [3.63, 3.8) is 0 Å². The Morgan fingerprint density at radius 1 is 1.75 bits per heavy atom. The summed E-state index contributed by atoms with van der Waals surface area (Å²) in [5.41, 5.74) is 1.05. The smallest absolute Gasteiger partial charge is 0.387 e. The zero-order valence-corrected chi connectivity index (χ0v) is 5.79. The van der Waals surface area contributed by atoms with Crippen molar-refractivity contribution in [1.82, 2.24) is 0 Å². The monoisotopic (exact) mass is 134 g/mol. The van der Waals surface area contributed by atoms with Gasteiger partial charge in [0.2, 0.25) is 0 Å². The molecule has 0 amide bonds. The lowest BCUT2D eigenvalue weighted by atomic mass is 10.9. The summed E-state index contributed by atoms with van der Waals surface area (Å²) in [5.74, 6) is 0. The molecule has 0 aliphatic carbocycles. The van der Waals surface area contributed by atoms with E-state index >= 15 is 0 Å². The highest BCUT2D eigenvalue weighted by Crippen LogP contribution is 1.93. The van der Waals surface area contributed by atoms with E-state index in [-0.39, 0.29) is 0 Å². The Morgan fingerprint density at radius 3 is 2.38 bits per heavy atom. The minimum atomic E-state index is -3.41. The molecule has 0 aromatic heterocycles. The van der Waals surface area contributed by atoms with Gasteiger partial charge in [-0.1, -0.05) is 6.58 Å². The molecule has 0 heterocycles. The van der Waals surface area contributed by atoms with Gasteiger partial charge in [-0.3, -0.25) is 0 Å². The summed E-state index contributed by atoms with van der Waals surface area (Å²) in [6.45, 7) is 5.19. The van der Waals surface area contributed by atoms with E-state index < -0.39 is 8.80 Å². The van der Waals surface area contributed by atoms with Crippen LogP contribution < -0.4 is 0 Å². The molecule has 0 aromatic carbocycles. The Labute approximate surface area is 49.6 Å². The van der Waals surface area contributed by atoms with E-state index in [0.29, 0.717) is 6.61 Å². The van der Waals surface area contributed by atoms with Gasteiger partial charge in [-0.15, -0.1) is 0 Å². The second-order valence-electron chi connectivity index (χ2n) is 1.30. The molecular formula is C4H10O3Si. The third-order valence-corrected chi connectivity index (χ3v) is 1.87. The summed E-state index contributed by atoms with van der Waals surface area (Å²) >= 11 is 0. The first-order valence-electron chi connectivity index (χ1n) is 2.34. The lowest BCUT2D eigenvalue weighted by molar-refractivity contribution is 0.171. The van der Waals surface area contributed by atoms with Crippen LogP contribution in [0.5, 0.6) is 0 Å². The van der Waals surface area contributed by atoms with Crippen LogP contribution in [0.1, 0.15) is 6.92 Å². The van der Waals surface area contributed by atoms with Crippen LogP contribution in [-0.2, 0) is 4.43 Å². The van der Waals surface area contributed by atoms with Crippen LogP contribution >= 0.6 is 0 Å². The molecule has 0 saturated heterocycles. The van der Waals surface area contributed by atoms with Crippen molar-refractivity contribution in [1.29, 1.82) is 0 Å². The maximum Gasteiger partial charge on any atom is 0.523 e. The van der Waals surface area contributed by atoms with Gasteiger partial charge in [-0.25, -0.2) is 0 Å². The first kappa shape index (κ1) is 7.84. The zero-order chi connectivity index (χ0) is 6.62. The average molecular weight is 134 g/mol. The first-order valence-corrected chi connectivity index (χ1v) is 4.22. The molecule has 0 aliphatic rings. The predicted molar refractivity (Wildman–Crippen MR) is 32.0 cm³/mol. The van der Waals surface area contributed by atoms with Crippen LogP contribution in [0.4, 0.5) is 0 Å². The van der Waals surface area contributed by atoms with Crippen molar-refractivity contribution >= 4 is 8.80 Å². The Kier molecular flexibility index (Phi) is 2.92. The molecule has 0 saturated carbocycles. The topological polar surface area (TPSA) is 49.7 Å². The Bertz CT molecular complexity index is 81.4. The number of hydrogen-bond acceptors (Lipinski definition) is 3. The van der Waals surface area contributed by atoms with E-state index in [1.807, 2.05) is 0 Å². The van der Waals surface area contributed by atoms with Crippen LogP contribution in [0.25, 0.3) is 0 Å². The van der Waals surface area contributed by atoms with E-state index in [9.17, 15) is 0 Å². The molecule has 0 unspecified atom stereocenters. The second-order valence-corrected chi connectivity index (χ2v) is 3.31. The van der Waals surface area contributed by atoms with Gasteiger partial charge in [0.15, 0.2) is 0 Å². The van der Waals surface area contributed by atoms with E-state index in [1.165, 1.54) is 0 Å². The third kappa shape index (κ3) is 2.92. The fourth-order valence-electron chi connectivity index (χ4n) is 0.271. The van der Waals surface area contributed by atoms with Gasteiger partial charge in [0, 0.05) is 6.61 Å². The van der Waals surface area contributed by atoms with Gasteiger partial charge in [-0.2, -0.15) is 0 Å². The van der Waals surface area contributed by atoms with E-state index in [4.69, 9.17) is 9.59 Å². The molecule has 3 nitrogen and oxygen atoms in total. The van der Waals surface area contributed by atoms with Crippen LogP contribution in [-0.4, -0.2) is 25.0 Å². The Hall–Kier alpha value is -0.163. The first-order chi connectivity index (χ1) is 3.62. The second kappa shape index (κ2) is 2.98. The maximum absolute atomic E-state index is 8.68. The molecule has 8 heavy (non-hydrogen) atoms. The van der Waals surface area contributed by atoms with Crippen molar-refractivity contribution in [3.05, 3.63) is 12.3 Å². The fourth-order valence-corrected chi connectivity index (χ4v) is 0.814. The van der Waals surface area contributed by atoms with Crippen LogP contribution in [0, 0.1) is 0 Å². The van der Waals surface area contributed by atoms with Crippen molar-refractivity contribution < 1.29 is 14.0 Å². The molecule has 0 bridgehead atoms. The standard InChI is InChI=1S/C4H10O3Si/c1-3-7-8(5,6)4-2/h4-6H,2-3H2,1H3. The predicted octanol–water partition coefficient (Wildman–Crippen LogP) is -0.328. The van der Waals surface area contributed by atoms with Gasteiger partial charge in [0.1, 0.15) is 0 Å². The summed E-state index contributed by atoms with van der Waals surface area (Å²) in [5, 5.41) is 0. The molecule has 0 aliphatic heterocycles. The zero-order valence-electron chi connectivity index (χ0n) is 4.79. The van der Waals surface area contributed by atoms with Crippen molar-refractivity contribution in [2.24, 2.45) is 0 Å². The molecule has 0 fully saturated rings. The fraction of sp³-hybridized carbons (Fsp3) is 0.500. The summed E-state index contributed by atoms with van der Waals surface area (Å²) < 4.78 is 4.51. The van der Waals surface area contributed by atoms with Crippen molar-refractivity contribution in [2.75, 3.05) is 6.61 Å². The minimum Gasteiger partial charge on any atom is -0.387 e. The molecule has 4 heteroatoms. The largest absolute Gasteiger partial charge is 0.523 e. The van der Waals surface area contributed by atoms with Crippen LogP contribution in [0.2, 0.25) is 0 Å². The van der Waals surface area contributed by atoms with Crippen LogP contribution in [0.3, 0.4) is 0 Å². The normalized spacial score (nSPS) is 11.4. The van der Waals surface area contributed by atoms with E-state index in [0.717, 1.165) is 5.70 Å². The summed E-state index contributed by atoms with van der Waals surface area (Å²) in [4.78, 5) is 17.4. The average Bonchev–Trinajstić information content (AvgIpc) is 1.67. The maximum atomic E-state index is 8.68. The molecule has 0 spiro atoms. The van der Waals surface area contributed by atoms with Crippen LogP contribution in [0.15, 0.2) is 12.3 Å². The van der Waals surface area contributed by atoms with Gasteiger partial charge in [-0.05, 0) is 12.6 Å². The molecule has 48 valence electrons. The molecule has 0 radical (unpaired) electrons. The lowest BCUT2D eigenvalue weighted by Gasteiger charge is -2.09. The molecule has 2 N–H and O–H groups in total. The lowest BCUT2D eigenvalue weighted by Crippen LogP contribution is -2.36. The quantitative estimate of drug-likeness (QED) is 0.520. The highest BCUT2D eigenvalue weighted by Gasteiger charge is 2.25. The van der Waals surface area contributed by atoms with E-state index in [1.54, 1.807) is 6.92 Å². The van der Waals surface area contributed by atoms with Crippen molar-refractivity contribution in [3.8, 4) is 0 Å². The number of hydrogen-bond donors (Lipinski definition) is 2. The summed E-state index contributed by atoms with van der Waals surface area (Å²) in [6, 6.07) is 0. The van der Waals surface area contributed by atoms with Crippen molar-refractivity contribution in [2.45, 2.75) is 6.92 Å². The highest BCUT2D eigenvalue weighted by molar-refractivity contribution is 6.63. The SMILES string of the molecule is C=C[Si](O)(O)OCC. The Morgan fingerprint density at radius 2 is 2.25 bits per heavy atom. The van der Waals surface area contributed by atoms with Gasteiger partial charge < -0.3 is 14.0 Å². The summed E-state index contributed by atoms with van der Waals surface area (Å²) in [7, 11) is -3.41. The van der Waals surface area contributed by atoms with Gasteiger partial charge in [0.25, 0.3) is 0 Å². The Balaban J connectivity index is 3.53. The van der Waals surface area contributed by atoms with Gasteiger partial charge in [0.05, 0.1) is 0 Å². The molecule has 0 atom stereocenters. The van der Waals surface area contributed by atoms with E-state index in [2.05, 4.69) is 11.0 Å². The molecular weight excluding hydrogens is 124 g/mol. The molecule has 0 rings (SSSR count). The van der Waals surface area contributed by atoms with Gasteiger partial charge >= 0.3 is 8.80 Å². The third-order valence-electron chi connectivity index (χ3n) is 0.623. The highest BCUT2D eigenvalue weighted by atomic mass is 28.4.